The predicted molar refractivity (Wildman–Crippen MR) is 59.1 cm³/mol. The van der Waals surface area contributed by atoms with Crippen LogP contribution in [-0.4, -0.2) is 0 Å². The second-order valence-electron chi connectivity index (χ2n) is 3.87. The lowest BCUT2D eigenvalue weighted by Crippen LogP contribution is -2.01. The molecule has 2 nitrogen and oxygen atoms in total. The molecule has 1 aliphatic rings. The van der Waals surface area contributed by atoms with Crippen LogP contribution in [-0.2, 0) is 12.8 Å². The van der Waals surface area contributed by atoms with Gasteiger partial charge in [0.25, 0.3) is 0 Å². The summed E-state index contributed by atoms with van der Waals surface area (Å²) in [5.41, 5.74) is 15.7. The summed E-state index contributed by atoms with van der Waals surface area (Å²) in [6.45, 7) is 2.23. The smallest absolute Gasteiger partial charge is 0.0686 e. The lowest BCUT2D eigenvalue weighted by Gasteiger charge is -2.09. The summed E-state index contributed by atoms with van der Waals surface area (Å²) in [6, 6.07) is 2.05. The molecule has 1 aliphatic carbocycles. The molecule has 1 aromatic carbocycles. The van der Waals surface area contributed by atoms with Crippen molar-refractivity contribution >= 4 is 24.0 Å². The average Bonchev–Trinajstić information content (AvgIpc) is 2.42. The van der Waals surface area contributed by atoms with E-state index in [0.29, 0.717) is 11.6 Å². The van der Waals surface area contributed by atoms with Crippen LogP contribution in [0.25, 0.3) is 0 Å². The summed E-state index contributed by atoms with van der Waals surface area (Å²) in [4.78, 5) is 0.811. The Balaban J connectivity index is 2.60. The van der Waals surface area contributed by atoms with Crippen molar-refractivity contribution in [3.8, 4) is 0 Å². The first-order valence-corrected chi connectivity index (χ1v) is 4.93. The van der Waals surface area contributed by atoms with Gasteiger partial charge in [-0.1, -0.05) is 6.92 Å². The number of nitrogen functional groups attached to an aromatic ring is 2. The van der Waals surface area contributed by atoms with E-state index in [9.17, 15) is 0 Å². The zero-order chi connectivity index (χ0) is 9.59. The number of hydrogen-bond donors (Lipinski definition) is 3. The Morgan fingerprint density at radius 1 is 1.31 bits per heavy atom. The van der Waals surface area contributed by atoms with Crippen molar-refractivity contribution in [3.05, 3.63) is 17.2 Å². The minimum atomic E-state index is 0.635. The molecule has 13 heavy (non-hydrogen) atoms. The highest BCUT2D eigenvalue weighted by molar-refractivity contribution is 7.80. The van der Waals surface area contributed by atoms with Gasteiger partial charge < -0.3 is 11.5 Å². The monoisotopic (exact) mass is 194 g/mol. The summed E-state index contributed by atoms with van der Waals surface area (Å²) in [5.74, 6) is 0.687. The predicted octanol–water partition coefficient (Wildman–Crippen LogP) is 1.87. The fourth-order valence-electron chi connectivity index (χ4n) is 2.02. The van der Waals surface area contributed by atoms with Crippen molar-refractivity contribution in [1.29, 1.82) is 0 Å². The molecule has 3 heteroatoms. The number of benzene rings is 1. The molecule has 2 rings (SSSR count). The maximum absolute atomic E-state index is 5.92. The van der Waals surface area contributed by atoms with E-state index < -0.39 is 0 Å². The Morgan fingerprint density at radius 2 is 2.00 bits per heavy atom. The summed E-state index contributed by atoms with van der Waals surface area (Å²) >= 11 is 4.29. The van der Waals surface area contributed by atoms with Crippen molar-refractivity contribution in [2.45, 2.75) is 24.7 Å². The van der Waals surface area contributed by atoms with E-state index in [2.05, 4.69) is 19.6 Å². The second kappa shape index (κ2) is 2.84. The fourth-order valence-corrected chi connectivity index (χ4v) is 2.30. The van der Waals surface area contributed by atoms with Gasteiger partial charge in [-0.3, -0.25) is 0 Å². The molecule has 0 fully saturated rings. The van der Waals surface area contributed by atoms with Crippen molar-refractivity contribution in [1.82, 2.24) is 0 Å². The third kappa shape index (κ3) is 1.27. The Kier molecular flexibility index (Phi) is 1.91. The standard InChI is InChI=1S/C10H14N2S/c1-5-2-6-4-8(13)10(12)9(11)7(6)3-5/h4-5,13H,2-3,11-12H2,1H3. The van der Waals surface area contributed by atoms with E-state index >= 15 is 0 Å². The van der Waals surface area contributed by atoms with E-state index in [4.69, 9.17) is 11.5 Å². The Bertz CT molecular complexity index is 360. The Hall–Kier alpha value is -0.830. The molecule has 0 radical (unpaired) electrons. The molecular formula is C10H14N2S. The van der Waals surface area contributed by atoms with Gasteiger partial charge in [-0.25, -0.2) is 0 Å². The quantitative estimate of drug-likeness (QED) is 0.436. The van der Waals surface area contributed by atoms with Crippen LogP contribution in [0.3, 0.4) is 0 Å². The molecule has 4 N–H and O–H groups in total. The Labute approximate surface area is 83.7 Å². The third-order valence-corrected chi connectivity index (χ3v) is 3.08. The van der Waals surface area contributed by atoms with Crippen LogP contribution in [0.1, 0.15) is 18.1 Å². The van der Waals surface area contributed by atoms with Crippen LogP contribution in [0.15, 0.2) is 11.0 Å². The average molecular weight is 194 g/mol. The summed E-state index contributed by atoms with van der Waals surface area (Å²) in [5, 5.41) is 0. The fraction of sp³-hybridized carbons (Fsp3) is 0.400. The molecule has 0 heterocycles. The van der Waals surface area contributed by atoms with Crippen molar-refractivity contribution in [2.24, 2.45) is 5.92 Å². The molecule has 0 saturated carbocycles. The highest BCUT2D eigenvalue weighted by Gasteiger charge is 2.22. The van der Waals surface area contributed by atoms with Crippen LogP contribution in [0.2, 0.25) is 0 Å². The number of fused-ring (bicyclic) bond motifs is 1. The molecule has 1 aromatic rings. The van der Waals surface area contributed by atoms with Gasteiger partial charge in [-0.15, -0.1) is 12.6 Å². The second-order valence-corrected chi connectivity index (χ2v) is 4.36. The molecule has 0 spiro atoms. The van der Waals surface area contributed by atoms with Crippen molar-refractivity contribution < 1.29 is 0 Å². The zero-order valence-electron chi connectivity index (χ0n) is 7.67. The van der Waals surface area contributed by atoms with Crippen LogP contribution in [0.5, 0.6) is 0 Å². The summed E-state index contributed by atoms with van der Waals surface area (Å²) in [6.07, 6.45) is 2.16. The number of nitrogens with two attached hydrogens (primary N) is 2. The van der Waals surface area contributed by atoms with Gasteiger partial charge in [0, 0.05) is 4.90 Å². The number of hydrogen-bond acceptors (Lipinski definition) is 3. The van der Waals surface area contributed by atoms with Crippen LogP contribution in [0, 0.1) is 5.92 Å². The van der Waals surface area contributed by atoms with Crippen molar-refractivity contribution in [3.63, 3.8) is 0 Å². The molecule has 70 valence electrons. The number of anilines is 2. The number of rotatable bonds is 0. The highest BCUT2D eigenvalue weighted by atomic mass is 32.1. The third-order valence-electron chi connectivity index (χ3n) is 2.71. The summed E-state index contributed by atoms with van der Waals surface area (Å²) < 4.78 is 0. The van der Waals surface area contributed by atoms with E-state index in [1.54, 1.807) is 0 Å². The molecule has 1 atom stereocenters. The van der Waals surface area contributed by atoms with Crippen LogP contribution in [0.4, 0.5) is 11.4 Å². The molecule has 0 aromatic heterocycles. The van der Waals surface area contributed by atoms with E-state index in [1.807, 2.05) is 6.07 Å². The zero-order valence-corrected chi connectivity index (χ0v) is 8.57. The molecule has 0 bridgehead atoms. The van der Waals surface area contributed by atoms with Crippen LogP contribution >= 0.6 is 12.6 Å². The van der Waals surface area contributed by atoms with Gasteiger partial charge >= 0.3 is 0 Å². The maximum atomic E-state index is 5.92. The van der Waals surface area contributed by atoms with Gasteiger partial charge in [0.15, 0.2) is 0 Å². The first-order valence-electron chi connectivity index (χ1n) is 4.48. The normalized spacial score (nSPS) is 20.3. The molecule has 0 aliphatic heterocycles. The molecular weight excluding hydrogens is 180 g/mol. The van der Waals surface area contributed by atoms with Gasteiger partial charge in [0.2, 0.25) is 0 Å². The highest BCUT2D eigenvalue weighted by Crippen LogP contribution is 2.37. The SMILES string of the molecule is CC1Cc2cc(S)c(N)c(N)c2C1. The van der Waals surface area contributed by atoms with Gasteiger partial charge in [0.1, 0.15) is 0 Å². The van der Waals surface area contributed by atoms with E-state index in [-0.39, 0.29) is 0 Å². The van der Waals surface area contributed by atoms with E-state index in [1.165, 1.54) is 11.1 Å². The Morgan fingerprint density at radius 3 is 2.69 bits per heavy atom. The van der Waals surface area contributed by atoms with Gasteiger partial charge in [0.05, 0.1) is 11.4 Å². The molecule has 0 saturated heterocycles. The first kappa shape index (κ1) is 8.75. The maximum Gasteiger partial charge on any atom is 0.0686 e. The first-order chi connectivity index (χ1) is 6.09. The van der Waals surface area contributed by atoms with Gasteiger partial charge in [-0.2, -0.15) is 0 Å². The minimum Gasteiger partial charge on any atom is -0.397 e. The minimum absolute atomic E-state index is 0.635. The number of thiol groups is 1. The van der Waals surface area contributed by atoms with Crippen molar-refractivity contribution in [2.75, 3.05) is 11.5 Å². The lowest BCUT2D eigenvalue weighted by atomic mass is 10.1. The van der Waals surface area contributed by atoms with E-state index in [0.717, 1.165) is 23.4 Å². The lowest BCUT2D eigenvalue weighted by molar-refractivity contribution is 0.628. The topological polar surface area (TPSA) is 52.0 Å². The molecule has 0 amide bonds. The molecule has 1 unspecified atom stereocenters. The summed E-state index contributed by atoms with van der Waals surface area (Å²) in [7, 11) is 0. The largest absolute Gasteiger partial charge is 0.397 e. The van der Waals surface area contributed by atoms with Gasteiger partial charge in [-0.05, 0) is 36.0 Å². The van der Waals surface area contributed by atoms with Crippen LogP contribution < -0.4 is 11.5 Å².